The number of alkyl halides is 5. The number of halogens is 6. The van der Waals surface area contributed by atoms with Crippen LogP contribution in [0.1, 0.15) is 5.56 Å². The number of sulfonamides is 2. The van der Waals surface area contributed by atoms with E-state index < -0.39 is 40.3 Å². The monoisotopic (exact) mass is 357 g/mol. The minimum absolute atomic E-state index is 0.478. The molecule has 5 nitrogen and oxygen atoms in total. The summed E-state index contributed by atoms with van der Waals surface area (Å²) >= 11 is 0. The molecule has 0 heterocycles. The van der Waals surface area contributed by atoms with E-state index in [2.05, 4.69) is 0 Å². The van der Waals surface area contributed by atoms with Crippen molar-refractivity contribution < 1.29 is 43.3 Å². The molecule has 13 heteroatoms. The van der Waals surface area contributed by atoms with E-state index in [1.165, 1.54) is 6.07 Å². The van der Waals surface area contributed by atoms with Crippen molar-refractivity contribution in [2.24, 2.45) is 0 Å². The number of rotatable bonds is 4. The molecule has 21 heavy (non-hydrogen) atoms. The van der Waals surface area contributed by atoms with Crippen LogP contribution < -0.4 is 0 Å². The molecule has 0 bridgehead atoms. The van der Waals surface area contributed by atoms with Crippen LogP contribution in [0.4, 0.5) is 26.4 Å². The highest BCUT2D eigenvalue weighted by Crippen LogP contribution is 2.40. The minimum Gasteiger partial charge on any atom is -0.202 e. The van der Waals surface area contributed by atoms with Gasteiger partial charge in [-0.25, -0.2) is 8.42 Å². The molecule has 0 aliphatic heterocycles. The normalized spacial score (nSPS) is 14.4. The molecule has 0 radical (unpaired) electrons. The Morgan fingerprint density at radius 1 is 0.810 bits per heavy atom. The van der Waals surface area contributed by atoms with Crippen molar-refractivity contribution >= 4 is 20.0 Å². The van der Waals surface area contributed by atoms with Crippen LogP contribution in [0.5, 0.6) is 0 Å². The second kappa shape index (κ2) is 5.14. The minimum atomic E-state index is -7.13. The molecule has 120 valence electrons. The summed E-state index contributed by atoms with van der Waals surface area (Å²) in [6, 6.07) is 3.93. The third kappa shape index (κ3) is 2.85. The SMILES string of the molecule is O=S(=O)(N(F)S(=O)(=O)C(F)(F)c1ccccc1)C(F)(F)F. The van der Waals surface area contributed by atoms with Gasteiger partial charge in [-0.2, -0.15) is 30.4 Å². The summed E-state index contributed by atoms with van der Waals surface area (Å²) in [4.78, 5) is 0. The molecule has 1 rings (SSSR count). The summed E-state index contributed by atoms with van der Waals surface area (Å²) in [5, 5.41) is -5.22. The predicted molar refractivity (Wildman–Crippen MR) is 57.2 cm³/mol. The molecule has 0 aliphatic rings. The highest BCUT2D eigenvalue weighted by Gasteiger charge is 2.62. The van der Waals surface area contributed by atoms with Crippen LogP contribution in [0.2, 0.25) is 0 Å². The first-order valence-corrected chi connectivity index (χ1v) is 7.59. The van der Waals surface area contributed by atoms with Crippen molar-refractivity contribution in [2.45, 2.75) is 10.8 Å². The first kappa shape index (κ1) is 17.7. The molecule has 0 unspecified atom stereocenters. The van der Waals surface area contributed by atoms with Gasteiger partial charge in [-0.3, -0.25) is 0 Å². The summed E-state index contributed by atoms with van der Waals surface area (Å²) in [5.74, 6) is 0. The molecule has 0 atom stereocenters. The van der Waals surface area contributed by atoms with E-state index in [9.17, 15) is 43.3 Å². The van der Waals surface area contributed by atoms with E-state index in [1.807, 2.05) is 0 Å². The lowest BCUT2D eigenvalue weighted by molar-refractivity contribution is -0.0519. The Morgan fingerprint density at radius 3 is 1.62 bits per heavy atom. The predicted octanol–water partition coefficient (Wildman–Crippen LogP) is 2.10. The Hall–Kier alpha value is -1.34. The van der Waals surface area contributed by atoms with E-state index in [1.54, 1.807) is 0 Å². The smallest absolute Gasteiger partial charge is 0.202 e. The van der Waals surface area contributed by atoms with Crippen molar-refractivity contribution in [3.8, 4) is 0 Å². The van der Waals surface area contributed by atoms with Crippen LogP contribution >= 0.6 is 0 Å². The lowest BCUT2D eigenvalue weighted by atomic mass is 10.2. The quantitative estimate of drug-likeness (QED) is 0.611. The van der Waals surface area contributed by atoms with Crippen LogP contribution in [0.3, 0.4) is 0 Å². The van der Waals surface area contributed by atoms with Gasteiger partial charge in [0.05, 0.1) is 3.93 Å². The summed E-state index contributed by atoms with van der Waals surface area (Å²) in [6.45, 7) is 0. The van der Waals surface area contributed by atoms with Crippen molar-refractivity contribution in [2.75, 3.05) is 0 Å². The molecule has 1 aromatic rings. The third-order valence-electron chi connectivity index (χ3n) is 2.10. The van der Waals surface area contributed by atoms with Crippen molar-refractivity contribution in [3.63, 3.8) is 0 Å². The summed E-state index contributed by atoms with van der Waals surface area (Å²) in [7, 11) is -13.9. The van der Waals surface area contributed by atoms with Crippen molar-refractivity contribution in [1.82, 2.24) is 3.93 Å². The first-order valence-electron chi connectivity index (χ1n) is 4.71. The zero-order valence-electron chi connectivity index (χ0n) is 9.55. The van der Waals surface area contributed by atoms with Crippen LogP contribution in [0, 0.1) is 0 Å². The van der Waals surface area contributed by atoms with E-state index in [-0.39, 0.29) is 0 Å². The second-order valence-corrected chi connectivity index (χ2v) is 7.24. The largest absolute Gasteiger partial charge is 0.515 e. The molecule has 0 N–H and O–H groups in total. The molecule has 0 amide bonds. The maximum atomic E-state index is 13.6. The molecule has 0 saturated carbocycles. The topological polar surface area (TPSA) is 71.5 Å². The lowest BCUT2D eigenvalue weighted by Crippen LogP contribution is -2.45. The zero-order chi connectivity index (χ0) is 16.7. The van der Waals surface area contributed by atoms with E-state index >= 15 is 0 Å². The Bertz CT molecular complexity index is 713. The van der Waals surface area contributed by atoms with Crippen LogP contribution in [-0.4, -0.2) is 26.3 Å². The van der Waals surface area contributed by atoms with Crippen molar-refractivity contribution in [3.05, 3.63) is 35.9 Å². The van der Waals surface area contributed by atoms with Crippen LogP contribution in [-0.2, 0) is 25.3 Å². The Morgan fingerprint density at radius 2 is 1.24 bits per heavy atom. The summed E-state index contributed by atoms with van der Waals surface area (Å²) < 4.78 is 117. The fourth-order valence-corrected chi connectivity index (χ4v) is 3.43. The maximum Gasteiger partial charge on any atom is 0.515 e. The number of nitrogens with zero attached hydrogens (tertiary/aromatic N) is 1. The van der Waals surface area contributed by atoms with Gasteiger partial charge in [0.15, 0.2) is 0 Å². The fraction of sp³-hybridized carbons (Fsp3) is 0.250. The highest BCUT2D eigenvalue weighted by molar-refractivity contribution is 8.04. The molecule has 0 aliphatic carbocycles. The highest BCUT2D eigenvalue weighted by atomic mass is 32.3. The van der Waals surface area contributed by atoms with Gasteiger partial charge in [0.1, 0.15) is 0 Å². The van der Waals surface area contributed by atoms with Crippen LogP contribution in [0.15, 0.2) is 30.3 Å². The van der Waals surface area contributed by atoms with Gasteiger partial charge >= 0.3 is 30.8 Å². The molecule has 0 fully saturated rings. The van der Waals surface area contributed by atoms with Crippen molar-refractivity contribution in [1.29, 1.82) is 0 Å². The number of hydrogen-bond acceptors (Lipinski definition) is 4. The first-order chi connectivity index (χ1) is 9.26. The molecular weight excluding hydrogens is 352 g/mol. The van der Waals surface area contributed by atoms with E-state index in [4.69, 9.17) is 0 Å². The Kier molecular flexibility index (Phi) is 4.33. The van der Waals surface area contributed by atoms with E-state index in [0.717, 1.165) is 12.1 Å². The number of hydrogen-bond donors (Lipinski definition) is 0. The van der Waals surface area contributed by atoms with Gasteiger partial charge in [0.25, 0.3) is 0 Å². The molecule has 0 spiro atoms. The molecule has 1 aromatic carbocycles. The second-order valence-electron chi connectivity index (χ2n) is 3.49. The Balaban J connectivity index is 3.42. The Labute approximate surface area is 114 Å². The molecule has 0 aromatic heterocycles. The maximum absolute atomic E-state index is 13.6. The average Bonchev–Trinajstić information content (AvgIpc) is 2.37. The molecular formula is C8H5F6NO4S2. The summed E-state index contributed by atoms with van der Waals surface area (Å²) in [5.41, 5.74) is -7.80. The van der Waals surface area contributed by atoms with Gasteiger partial charge in [-0.05, 0) is 0 Å². The fourth-order valence-electron chi connectivity index (χ4n) is 1.08. The third-order valence-corrected chi connectivity index (χ3v) is 5.51. The zero-order valence-corrected chi connectivity index (χ0v) is 11.2. The average molecular weight is 357 g/mol. The van der Waals surface area contributed by atoms with Gasteiger partial charge in [0.2, 0.25) is 0 Å². The summed E-state index contributed by atoms with van der Waals surface area (Å²) in [6.07, 6.45) is 0. The van der Waals surface area contributed by atoms with Gasteiger partial charge in [-0.1, -0.05) is 30.3 Å². The molecule has 0 saturated heterocycles. The van der Waals surface area contributed by atoms with Gasteiger partial charge < -0.3 is 0 Å². The van der Waals surface area contributed by atoms with Gasteiger partial charge in [-0.15, -0.1) is 4.48 Å². The standard InChI is InChI=1S/C8H5F6NO4S2/c9-7(10,6-4-2-1-3-5-6)20(16,17)15(14)21(18,19)8(11,12)13/h1-5H. The lowest BCUT2D eigenvalue weighted by Gasteiger charge is -2.21. The van der Waals surface area contributed by atoms with E-state index in [0.29, 0.717) is 12.1 Å². The van der Waals surface area contributed by atoms with Crippen LogP contribution in [0.25, 0.3) is 0 Å². The number of benzene rings is 1. The van der Waals surface area contributed by atoms with Gasteiger partial charge in [0, 0.05) is 5.56 Å².